The molecule has 0 spiro atoms. The summed E-state index contributed by atoms with van der Waals surface area (Å²) in [5.74, 6) is 0.559. The molecule has 0 heterocycles. The molecule has 1 aromatic rings. The Morgan fingerprint density at radius 3 is 2.80 bits per heavy atom. The Kier molecular flexibility index (Phi) is 3.99. The first kappa shape index (κ1) is 14.4. The lowest BCUT2D eigenvalue weighted by molar-refractivity contribution is -0.384. The Morgan fingerprint density at radius 1 is 1.60 bits per heavy atom. The van der Waals surface area contributed by atoms with Crippen LogP contribution >= 0.6 is 11.6 Å². The van der Waals surface area contributed by atoms with Gasteiger partial charge < -0.3 is 15.7 Å². The highest BCUT2D eigenvalue weighted by Crippen LogP contribution is 2.49. The molecule has 108 valence electrons. The number of rotatable bonds is 6. The van der Waals surface area contributed by atoms with Gasteiger partial charge in [-0.05, 0) is 18.9 Å². The third-order valence-corrected chi connectivity index (χ3v) is 3.60. The van der Waals surface area contributed by atoms with Crippen LogP contribution in [0.15, 0.2) is 23.4 Å². The van der Waals surface area contributed by atoms with Gasteiger partial charge in [0.2, 0.25) is 0 Å². The first-order valence-corrected chi connectivity index (χ1v) is 6.37. The Balaban J connectivity index is 1.99. The highest BCUT2D eigenvalue weighted by atomic mass is 35.5. The molecule has 0 atom stereocenters. The fourth-order valence-electron chi connectivity index (χ4n) is 1.92. The molecular weight excluding hydrogens is 286 g/mol. The van der Waals surface area contributed by atoms with Crippen LogP contribution in [-0.2, 0) is 0 Å². The van der Waals surface area contributed by atoms with Crippen molar-refractivity contribution in [3.8, 4) is 5.75 Å². The molecule has 1 aliphatic rings. The zero-order chi connectivity index (χ0) is 14.8. The van der Waals surface area contributed by atoms with E-state index in [1.54, 1.807) is 0 Å². The summed E-state index contributed by atoms with van der Waals surface area (Å²) in [7, 11) is 0. The number of non-ortho nitro benzene ring substituents is 1. The number of nitrogens with two attached hydrogens (primary N) is 1. The average molecular weight is 300 g/mol. The molecule has 0 bridgehead atoms. The molecule has 1 aliphatic carbocycles. The van der Waals surface area contributed by atoms with Crippen LogP contribution < -0.4 is 10.5 Å². The molecule has 0 saturated heterocycles. The second-order valence-corrected chi connectivity index (χ2v) is 5.34. The van der Waals surface area contributed by atoms with E-state index >= 15 is 0 Å². The van der Waals surface area contributed by atoms with Crippen molar-refractivity contribution in [1.29, 1.82) is 0 Å². The topological polar surface area (TPSA) is 111 Å². The van der Waals surface area contributed by atoms with Crippen molar-refractivity contribution in [1.82, 2.24) is 0 Å². The fourth-order valence-corrected chi connectivity index (χ4v) is 2.15. The number of benzene rings is 1. The van der Waals surface area contributed by atoms with Crippen LogP contribution in [0.3, 0.4) is 0 Å². The SMILES string of the molecule is NC(CC1(COc2ccc([N+](=O)[O-])cc2Cl)CC1)=NO. The number of hydrogen-bond acceptors (Lipinski definition) is 5. The highest BCUT2D eigenvalue weighted by molar-refractivity contribution is 6.32. The van der Waals surface area contributed by atoms with Gasteiger partial charge in [-0.25, -0.2) is 0 Å². The molecule has 2 rings (SSSR count). The van der Waals surface area contributed by atoms with E-state index in [1.165, 1.54) is 18.2 Å². The van der Waals surface area contributed by atoms with Gasteiger partial charge in [0.1, 0.15) is 11.6 Å². The molecule has 0 radical (unpaired) electrons. The largest absolute Gasteiger partial charge is 0.491 e. The smallest absolute Gasteiger partial charge is 0.271 e. The second-order valence-electron chi connectivity index (χ2n) is 4.93. The van der Waals surface area contributed by atoms with Crippen molar-refractivity contribution >= 4 is 23.1 Å². The van der Waals surface area contributed by atoms with E-state index in [4.69, 9.17) is 27.3 Å². The van der Waals surface area contributed by atoms with E-state index in [0.29, 0.717) is 18.8 Å². The van der Waals surface area contributed by atoms with E-state index < -0.39 is 4.92 Å². The summed E-state index contributed by atoms with van der Waals surface area (Å²) in [6.07, 6.45) is 2.30. The van der Waals surface area contributed by atoms with E-state index in [9.17, 15) is 10.1 Å². The zero-order valence-corrected chi connectivity index (χ0v) is 11.3. The molecule has 0 amide bonds. The predicted octanol–water partition coefficient (Wildman–Crippen LogP) is 2.54. The second kappa shape index (κ2) is 5.54. The molecule has 0 aliphatic heterocycles. The number of nitro benzene ring substituents is 1. The van der Waals surface area contributed by atoms with Crippen molar-refractivity contribution < 1.29 is 14.9 Å². The molecule has 1 aromatic carbocycles. The van der Waals surface area contributed by atoms with Gasteiger partial charge in [0.15, 0.2) is 0 Å². The average Bonchev–Trinajstić information content (AvgIpc) is 3.17. The lowest BCUT2D eigenvalue weighted by Crippen LogP contribution is -2.22. The van der Waals surface area contributed by atoms with Gasteiger partial charge >= 0.3 is 0 Å². The fraction of sp³-hybridized carbons (Fsp3) is 0.417. The first-order chi connectivity index (χ1) is 9.46. The zero-order valence-electron chi connectivity index (χ0n) is 10.6. The normalized spacial score (nSPS) is 16.8. The lowest BCUT2D eigenvalue weighted by Gasteiger charge is -2.16. The summed E-state index contributed by atoms with van der Waals surface area (Å²) < 4.78 is 5.60. The standard InChI is InChI=1S/C12H14ClN3O4/c13-9-5-8(16(18)19)1-2-10(9)20-7-12(3-4-12)6-11(14)15-17/h1-2,5,17H,3-4,6-7H2,(H2,14,15). The molecule has 1 fully saturated rings. The Hall–Kier alpha value is -2.02. The maximum atomic E-state index is 10.6. The number of oxime groups is 1. The van der Waals surface area contributed by atoms with Crippen molar-refractivity contribution in [2.75, 3.05) is 6.61 Å². The first-order valence-electron chi connectivity index (χ1n) is 5.99. The number of halogens is 1. The minimum Gasteiger partial charge on any atom is -0.491 e. The summed E-state index contributed by atoms with van der Waals surface area (Å²) in [6.45, 7) is 0.376. The van der Waals surface area contributed by atoms with Gasteiger partial charge in [0.05, 0.1) is 16.6 Å². The van der Waals surface area contributed by atoms with E-state index in [0.717, 1.165) is 12.8 Å². The summed E-state index contributed by atoms with van der Waals surface area (Å²) in [5.41, 5.74) is 5.29. The third kappa shape index (κ3) is 3.30. The summed E-state index contributed by atoms with van der Waals surface area (Å²) >= 11 is 5.94. The quantitative estimate of drug-likeness (QED) is 0.276. The minimum absolute atomic E-state index is 0.0832. The van der Waals surface area contributed by atoms with Crippen molar-refractivity contribution in [2.45, 2.75) is 19.3 Å². The number of amidine groups is 1. The number of nitro groups is 1. The van der Waals surface area contributed by atoms with Crippen molar-refractivity contribution in [3.05, 3.63) is 33.3 Å². The molecule has 3 N–H and O–H groups in total. The maximum Gasteiger partial charge on any atom is 0.271 e. The number of hydrogen-bond donors (Lipinski definition) is 2. The van der Waals surface area contributed by atoms with Crippen molar-refractivity contribution in [2.24, 2.45) is 16.3 Å². The van der Waals surface area contributed by atoms with Crippen LogP contribution in [0.25, 0.3) is 0 Å². The van der Waals surface area contributed by atoms with E-state index in [-0.39, 0.29) is 22.0 Å². The number of ether oxygens (including phenoxy) is 1. The Bertz CT molecular complexity index is 558. The van der Waals surface area contributed by atoms with Crippen LogP contribution in [-0.4, -0.2) is 22.6 Å². The molecule has 20 heavy (non-hydrogen) atoms. The van der Waals surface area contributed by atoms with Gasteiger partial charge in [-0.2, -0.15) is 0 Å². The Morgan fingerprint density at radius 2 is 2.30 bits per heavy atom. The van der Waals surface area contributed by atoms with Gasteiger partial charge in [-0.1, -0.05) is 16.8 Å². The minimum atomic E-state index is -0.517. The molecule has 0 unspecified atom stereocenters. The van der Waals surface area contributed by atoms with Gasteiger partial charge in [-0.3, -0.25) is 10.1 Å². The van der Waals surface area contributed by atoms with Crippen molar-refractivity contribution in [3.63, 3.8) is 0 Å². The lowest BCUT2D eigenvalue weighted by atomic mass is 10.0. The summed E-state index contributed by atoms with van der Waals surface area (Å²) in [5, 5.41) is 22.3. The van der Waals surface area contributed by atoms with Gasteiger partial charge in [0.25, 0.3) is 5.69 Å². The summed E-state index contributed by atoms with van der Waals surface area (Å²) in [6, 6.07) is 4.06. The van der Waals surface area contributed by atoms with Gasteiger partial charge in [0, 0.05) is 24.0 Å². The molecular formula is C12H14ClN3O4. The Labute approximate surface area is 120 Å². The van der Waals surface area contributed by atoms with Crippen LogP contribution in [0.5, 0.6) is 5.75 Å². The van der Waals surface area contributed by atoms with Crippen LogP contribution in [0.1, 0.15) is 19.3 Å². The summed E-state index contributed by atoms with van der Waals surface area (Å²) in [4.78, 5) is 10.1. The highest BCUT2D eigenvalue weighted by Gasteiger charge is 2.44. The predicted molar refractivity (Wildman–Crippen MR) is 73.3 cm³/mol. The maximum absolute atomic E-state index is 10.6. The van der Waals surface area contributed by atoms with Crippen LogP contribution in [0, 0.1) is 15.5 Å². The van der Waals surface area contributed by atoms with Crippen LogP contribution in [0.2, 0.25) is 5.02 Å². The molecule has 0 aromatic heterocycles. The van der Waals surface area contributed by atoms with Crippen LogP contribution in [0.4, 0.5) is 5.69 Å². The van der Waals surface area contributed by atoms with E-state index in [2.05, 4.69) is 5.16 Å². The molecule has 8 heteroatoms. The van der Waals surface area contributed by atoms with Gasteiger partial charge in [-0.15, -0.1) is 0 Å². The molecule has 1 saturated carbocycles. The molecule has 7 nitrogen and oxygen atoms in total. The third-order valence-electron chi connectivity index (χ3n) is 3.30. The van der Waals surface area contributed by atoms with E-state index in [1.807, 2.05) is 0 Å². The number of nitrogens with zero attached hydrogens (tertiary/aromatic N) is 2. The monoisotopic (exact) mass is 299 g/mol.